The summed E-state index contributed by atoms with van der Waals surface area (Å²) in [5.41, 5.74) is 0. The minimum atomic E-state index is -0.0416. The highest BCUT2D eigenvalue weighted by atomic mass is 15.4. The van der Waals surface area contributed by atoms with Gasteiger partial charge in [0.2, 0.25) is 0 Å². The predicted molar refractivity (Wildman–Crippen MR) is 74.2 cm³/mol. The molecule has 0 saturated carbocycles. The number of hydrogen-bond donors (Lipinski definition) is 1. The standard InChI is InChI=1S/C13H14N8/c1-10(18-8-11-14-4-2-5-15-11)12-19-9-20-21(12)13-16-6-3-7-17-13/h2-7,9-10,18H,8H2,1H3. The normalized spacial score (nSPS) is 12.2. The van der Waals surface area contributed by atoms with Gasteiger partial charge in [-0.3, -0.25) is 0 Å². The molecule has 0 bridgehead atoms. The fraction of sp³-hybridized carbons (Fsp3) is 0.231. The molecule has 3 aromatic heterocycles. The molecule has 1 unspecified atom stereocenters. The summed E-state index contributed by atoms with van der Waals surface area (Å²) in [6, 6.07) is 3.50. The Morgan fingerprint density at radius 1 is 1.00 bits per heavy atom. The highest BCUT2D eigenvalue weighted by Crippen LogP contribution is 2.11. The van der Waals surface area contributed by atoms with Crippen LogP contribution in [0.5, 0.6) is 0 Å². The zero-order valence-corrected chi connectivity index (χ0v) is 11.5. The second kappa shape index (κ2) is 6.14. The van der Waals surface area contributed by atoms with Gasteiger partial charge in [-0.15, -0.1) is 0 Å². The molecule has 1 N–H and O–H groups in total. The van der Waals surface area contributed by atoms with Crippen LogP contribution < -0.4 is 5.32 Å². The molecule has 0 aliphatic carbocycles. The van der Waals surface area contributed by atoms with E-state index in [9.17, 15) is 0 Å². The van der Waals surface area contributed by atoms with Gasteiger partial charge < -0.3 is 5.32 Å². The number of aromatic nitrogens is 7. The van der Waals surface area contributed by atoms with E-state index < -0.39 is 0 Å². The largest absolute Gasteiger partial charge is 0.300 e. The Morgan fingerprint density at radius 3 is 2.38 bits per heavy atom. The SMILES string of the molecule is CC(NCc1ncccn1)c1ncnn1-c1ncccn1. The Hall–Kier alpha value is -2.74. The molecule has 1 atom stereocenters. The molecule has 0 amide bonds. The maximum absolute atomic E-state index is 4.27. The van der Waals surface area contributed by atoms with E-state index in [1.165, 1.54) is 6.33 Å². The van der Waals surface area contributed by atoms with Crippen LogP contribution in [0.4, 0.5) is 0 Å². The molecule has 3 heterocycles. The minimum Gasteiger partial charge on any atom is -0.300 e. The highest BCUT2D eigenvalue weighted by Gasteiger charge is 2.15. The second-order valence-electron chi connectivity index (χ2n) is 4.35. The average Bonchev–Trinajstić information content (AvgIpc) is 3.04. The van der Waals surface area contributed by atoms with E-state index in [0.29, 0.717) is 12.5 Å². The van der Waals surface area contributed by atoms with E-state index >= 15 is 0 Å². The van der Waals surface area contributed by atoms with E-state index in [4.69, 9.17) is 0 Å². The first-order valence-corrected chi connectivity index (χ1v) is 6.51. The summed E-state index contributed by atoms with van der Waals surface area (Å²) >= 11 is 0. The van der Waals surface area contributed by atoms with E-state index in [0.717, 1.165) is 11.6 Å². The first-order chi connectivity index (χ1) is 10.3. The van der Waals surface area contributed by atoms with E-state index in [-0.39, 0.29) is 6.04 Å². The lowest BCUT2D eigenvalue weighted by Crippen LogP contribution is -2.23. The molecule has 3 rings (SSSR count). The lowest BCUT2D eigenvalue weighted by atomic mass is 10.3. The van der Waals surface area contributed by atoms with Crippen LogP contribution >= 0.6 is 0 Å². The quantitative estimate of drug-likeness (QED) is 0.736. The molecular weight excluding hydrogens is 268 g/mol. The van der Waals surface area contributed by atoms with Crippen molar-refractivity contribution in [3.63, 3.8) is 0 Å². The van der Waals surface area contributed by atoms with Crippen LogP contribution in [0.25, 0.3) is 5.95 Å². The molecule has 0 aliphatic rings. The average molecular weight is 282 g/mol. The molecule has 3 aromatic rings. The van der Waals surface area contributed by atoms with Crippen molar-refractivity contribution in [3.05, 3.63) is 54.9 Å². The van der Waals surface area contributed by atoms with Gasteiger partial charge >= 0.3 is 0 Å². The molecule has 0 fully saturated rings. The van der Waals surface area contributed by atoms with Crippen LogP contribution in [-0.2, 0) is 6.54 Å². The predicted octanol–water partition coefficient (Wildman–Crippen LogP) is 0.698. The Bertz CT molecular complexity index is 682. The summed E-state index contributed by atoms with van der Waals surface area (Å²) in [6.07, 6.45) is 8.26. The third-order valence-corrected chi connectivity index (χ3v) is 2.89. The van der Waals surface area contributed by atoms with Gasteiger partial charge in [0.25, 0.3) is 5.95 Å². The van der Waals surface area contributed by atoms with E-state index in [2.05, 4.69) is 35.3 Å². The Morgan fingerprint density at radius 2 is 1.67 bits per heavy atom. The van der Waals surface area contributed by atoms with Crippen LogP contribution in [0.2, 0.25) is 0 Å². The zero-order valence-electron chi connectivity index (χ0n) is 11.5. The minimum absolute atomic E-state index is 0.0416. The van der Waals surface area contributed by atoms with Crippen molar-refractivity contribution in [1.82, 2.24) is 40.0 Å². The summed E-state index contributed by atoms with van der Waals surface area (Å²) < 4.78 is 1.61. The van der Waals surface area contributed by atoms with Crippen LogP contribution in [0.3, 0.4) is 0 Å². The topological polar surface area (TPSA) is 94.3 Å². The van der Waals surface area contributed by atoms with Gasteiger partial charge in [-0.2, -0.15) is 9.78 Å². The van der Waals surface area contributed by atoms with Crippen LogP contribution in [0.1, 0.15) is 24.6 Å². The van der Waals surface area contributed by atoms with Crippen LogP contribution in [0, 0.1) is 0 Å². The van der Waals surface area contributed by atoms with Crippen molar-refractivity contribution < 1.29 is 0 Å². The van der Waals surface area contributed by atoms with Crippen molar-refractivity contribution >= 4 is 0 Å². The van der Waals surface area contributed by atoms with Gasteiger partial charge in [0.05, 0.1) is 12.6 Å². The van der Waals surface area contributed by atoms with Gasteiger partial charge in [0, 0.05) is 24.8 Å². The lowest BCUT2D eigenvalue weighted by molar-refractivity contribution is 0.517. The van der Waals surface area contributed by atoms with Crippen LogP contribution in [-0.4, -0.2) is 34.7 Å². The molecule has 0 aliphatic heterocycles. The number of nitrogens with zero attached hydrogens (tertiary/aromatic N) is 7. The Labute approximate surface area is 121 Å². The van der Waals surface area contributed by atoms with Gasteiger partial charge in [-0.1, -0.05) is 0 Å². The monoisotopic (exact) mass is 282 g/mol. The van der Waals surface area contributed by atoms with Crippen molar-refractivity contribution in [2.24, 2.45) is 0 Å². The maximum atomic E-state index is 4.27. The molecule has 8 nitrogen and oxygen atoms in total. The van der Waals surface area contributed by atoms with Gasteiger partial charge in [0.1, 0.15) is 12.2 Å². The van der Waals surface area contributed by atoms with Gasteiger partial charge in [-0.25, -0.2) is 24.9 Å². The van der Waals surface area contributed by atoms with E-state index in [1.807, 2.05) is 6.92 Å². The fourth-order valence-electron chi connectivity index (χ4n) is 1.86. The second-order valence-corrected chi connectivity index (χ2v) is 4.35. The molecule has 0 radical (unpaired) electrons. The molecule has 106 valence electrons. The Kier molecular flexibility index (Phi) is 3.88. The molecular formula is C13H14N8. The van der Waals surface area contributed by atoms with E-state index in [1.54, 1.807) is 41.6 Å². The summed E-state index contributed by atoms with van der Waals surface area (Å²) in [7, 11) is 0. The highest BCUT2D eigenvalue weighted by molar-refractivity contribution is 5.12. The summed E-state index contributed by atoms with van der Waals surface area (Å²) in [6.45, 7) is 2.54. The van der Waals surface area contributed by atoms with Gasteiger partial charge in [0.15, 0.2) is 5.82 Å². The lowest BCUT2D eigenvalue weighted by Gasteiger charge is -2.12. The van der Waals surface area contributed by atoms with Crippen molar-refractivity contribution in [2.45, 2.75) is 19.5 Å². The molecule has 21 heavy (non-hydrogen) atoms. The summed E-state index contributed by atoms with van der Waals surface area (Å²) in [5.74, 6) is 1.96. The summed E-state index contributed by atoms with van der Waals surface area (Å²) in [5, 5.41) is 7.48. The molecule has 0 saturated heterocycles. The number of rotatable bonds is 5. The third kappa shape index (κ3) is 3.06. The fourth-order valence-corrected chi connectivity index (χ4v) is 1.86. The van der Waals surface area contributed by atoms with Crippen molar-refractivity contribution in [2.75, 3.05) is 0 Å². The molecule has 8 heteroatoms. The van der Waals surface area contributed by atoms with Crippen molar-refractivity contribution in [1.29, 1.82) is 0 Å². The third-order valence-electron chi connectivity index (χ3n) is 2.89. The molecule has 0 spiro atoms. The first-order valence-electron chi connectivity index (χ1n) is 6.51. The first kappa shape index (κ1) is 13.3. The maximum Gasteiger partial charge on any atom is 0.252 e. The number of hydrogen-bond acceptors (Lipinski definition) is 7. The van der Waals surface area contributed by atoms with Crippen LogP contribution in [0.15, 0.2) is 43.2 Å². The van der Waals surface area contributed by atoms with Crippen molar-refractivity contribution in [3.8, 4) is 5.95 Å². The molecule has 0 aromatic carbocycles. The summed E-state index contributed by atoms with van der Waals surface area (Å²) in [4.78, 5) is 21.0. The zero-order chi connectivity index (χ0) is 14.5. The number of nitrogens with one attached hydrogen (secondary N) is 1. The van der Waals surface area contributed by atoms with Gasteiger partial charge in [-0.05, 0) is 19.1 Å². The smallest absolute Gasteiger partial charge is 0.252 e. The Balaban J connectivity index is 1.74.